The second-order valence-electron chi connectivity index (χ2n) is 7.17. The maximum absolute atomic E-state index is 12.8. The number of hydrogen-bond acceptors (Lipinski definition) is 4. The molecule has 6 heteroatoms. The van der Waals surface area contributed by atoms with Crippen LogP contribution < -0.4 is 4.18 Å². The van der Waals surface area contributed by atoms with E-state index in [2.05, 4.69) is 13.8 Å². The molecule has 0 unspecified atom stereocenters. The lowest BCUT2D eigenvalue weighted by molar-refractivity contribution is -0.136. The number of rotatable bonds is 8. The molecule has 0 aliphatic heterocycles. The Bertz CT molecular complexity index is 661. The van der Waals surface area contributed by atoms with Crippen LogP contribution >= 0.6 is 0 Å². The van der Waals surface area contributed by atoms with Gasteiger partial charge in [0.2, 0.25) is 5.91 Å². The standard InChI is InChI=1S/C19H29NO4S/c1-4-25(22,23)24-18-11-9-16(10-12-18)14-20(13-15(2)3)19(21)17-7-5-6-8-17/h9-12,15,17H,4-8,13-14H2,1-3H3. The van der Waals surface area contributed by atoms with E-state index >= 15 is 0 Å². The Morgan fingerprint density at radius 3 is 2.32 bits per heavy atom. The molecule has 0 radical (unpaired) electrons. The zero-order valence-corrected chi connectivity index (χ0v) is 16.2. The lowest BCUT2D eigenvalue weighted by Crippen LogP contribution is -2.37. The van der Waals surface area contributed by atoms with Crippen LogP contribution in [-0.4, -0.2) is 31.5 Å². The van der Waals surface area contributed by atoms with Crippen molar-refractivity contribution in [1.29, 1.82) is 0 Å². The van der Waals surface area contributed by atoms with E-state index in [0.717, 1.165) is 37.8 Å². The van der Waals surface area contributed by atoms with E-state index in [1.165, 1.54) is 0 Å². The summed E-state index contributed by atoms with van der Waals surface area (Å²) in [6.07, 6.45) is 4.28. The molecular weight excluding hydrogens is 338 g/mol. The Balaban J connectivity index is 2.06. The van der Waals surface area contributed by atoms with E-state index < -0.39 is 10.1 Å². The predicted octanol–water partition coefficient (Wildman–Crippen LogP) is 3.59. The number of carbonyl (C=O) groups is 1. The van der Waals surface area contributed by atoms with Crippen LogP contribution in [0.1, 0.15) is 52.0 Å². The van der Waals surface area contributed by atoms with E-state index in [1.807, 2.05) is 17.0 Å². The van der Waals surface area contributed by atoms with Crippen molar-refractivity contribution in [2.45, 2.75) is 53.0 Å². The van der Waals surface area contributed by atoms with Crippen molar-refractivity contribution in [2.75, 3.05) is 12.3 Å². The van der Waals surface area contributed by atoms with E-state index in [-0.39, 0.29) is 17.6 Å². The van der Waals surface area contributed by atoms with Crippen LogP contribution in [0.4, 0.5) is 0 Å². The topological polar surface area (TPSA) is 63.7 Å². The summed E-state index contributed by atoms with van der Waals surface area (Å²) >= 11 is 0. The largest absolute Gasteiger partial charge is 0.382 e. The van der Waals surface area contributed by atoms with Crippen molar-refractivity contribution in [3.63, 3.8) is 0 Å². The predicted molar refractivity (Wildman–Crippen MR) is 98.7 cm³/mol. The Morgan fingerprint density at radius 2 is 1.80 bits per heavy atom. The molecule has 0 bridgehead atoms. The number of nitrogens with zero attached hydrogens (tertiary/aromatic N) is 1. The summed E-state index contributed by atoms with van der Waals surface area (Å²) in [7, 11) is -3.51. The first-order valence-electron chi connectivity index (χ1n) is 9.10. The summed E-state index contributed by atoms with van der Waals surface area (Å²) in [4.78, 5) is 14.7. The molecule has 1 saturated carbocycles. The molecule has 1 aliphatic rings. The van der Waals surface area contributed by atoms with Gasteiger partial charge < -0.3 is 9.08 Å². The summed E-state index contributed by atoms with van der Waals surface area (Å²) in [6, 6.07) is 6.96. The van der Waals surface area contributed by atoms with Crippen LogP contribution in [0.3, 0.4) is 0 Å². The molecule has 0 saturated heterocycles. The number of amides is 1. The van der Waals surface area contributed by atoms with Crippen molar-refractivity contribution < 1.29 is 17.4 Å². The fourth-order valence-electron chi connectivity index (χ4n) is 3.18. The molecule has 1 aromatic carbocycles. The van der Waals surface area contributed by atoms with Gasteiger partial charge in [-0.1, -0.05) is 38.8 Å². The summed E-state index contributed by atoms with van der Waals surface area (Å²) in [5, 5.41) is 0. The second-order valence-corrected chi connectivity index (χ2v) is 9.03. The highest BCUT2D eigenvalue weighted by atomic mass is 32.2. The fourth-order valence-corrected chi connectivity index (χ4v) is 3.70. The van der Waals surface area contributed by atoms with Crippen LogP contribution in [0.2, 0.25) is 0 Å². The number of benzene rings is 1. The fraction of sp³-hybridized carbons (Fsp3) is 0.632. The molecule has 2 rings (SSSR count). The Morgan fingerprint density at radius 1 is 1.20 bits per heavy atom. The monoisotopic (exact) mass is 367 g/mol. The van der Waals surface area contributed by atoms with Gasteiger partial charge in [-0.25, -0.2) is 0 Å². The molecular formula is C19H29NO4S. The lowest BCUT2D eigenvalue weighted by Gasteiger charge is -2.27. The van der Waals surface area contributed by atoms with Gasteiger partial charge in [-0.2, -0.15) is 8.42 Å². The molecule has 1 aromatic rings. The zero-order valence-electron chi connectivity index (χ0n) is 15.4. The second kappa shape index (κ2) is 8.70. The SMILES string of the molecule is CCS(=O)(=O)Oc1ccc(CN(CC(C)C)C(=O)C2CCCC2)cc1. The molecule has 5 nitrogen and oxygen atoms in total. The van der Waals surface area contributed by atoms with Gasteiger partial charge in [-0.3, -0.25) is 4.79 Å². The van der Waals surface area contributed by atoms with Gasteiger partial charge in [-0.05, 0) is 43.4 Å². The highest BCUT2D eigenvalue weighted by Crippen LogP contribution is 2.27. The molecule has 140 valence electrons. The van der Waals surface area contributed by atoms with Gasteiger partial charge in [0.1, 0.15) is 5.75 Å². The van der Waals surface area contributed by atoms with Gasteiger partial charge in [0, 0.05) is 19.0 Å². The van der Waals surface area contributed by atoms with Crippen LogP contribution in [-0.2, 0) is 21.5 Å². The van der Waals surface area contributed by atoms with E-state index in [9.17, 15) is 13.2 Å². The molecule has 0 spiro atoms. The zero-order chi connectivity index (χ0) is 18.4. The lowest BCUT2D eigenvalue weighted by atomic mass is 10.0. The van der Waals surface area contributed by atoms with E-state index in [1.54, 1.807) is 19.1 Å². The van der Waals surface area contributed by atoms with Gasteiger partial charge in [-0.15, -0.1) is 0 Å². The maximum atomic E-state index is 12.8. The van der Waals surface area contributed by atoms with Crippen LogP contribution in [0.25, 0.3) is 0 Å². The Labute approximate surface area is 151 Å². The first kappa shape index (κ1) is 19.8. The highest BCUT2D eigenvalue weighted by Gasteiger charge is 2.27. The number of hydrogen-bond donors (Lipinski definition) is 0. The molecule has 1 amide bonds. The summed E-state index contributed by atoms with van der Waals surface area (Å²) in [5.41, 5.74) is 0.980. The van der Waals surface area contributed by atoms with Gasteiger partial charge >= 0.3 is 10.1 Å². The van der Waals surface area contributed by atoms with Crippen molar-refractivity contribution in [3.05, 3.63) is 29.8 Å². The molecule has 1 aliphatic carbocycles. The van der Waals surface area contributed by atoms with E-state index in [0.29, 0.717) is 18.2 Å². The molecule has 0 aromatic heterocycles. The maximum Gasteiger partial charge on any atom is 0.308 e. The third-order valence-corrected chi connectivity index (χ3v) is 5.63. The summed E-state index contributed by atoms with van der Waals surface area (Å²) in [6.45, 7) is 7.05. The van der Waals surface area contributed by atoms with Crippen molar-refractivity contribution in [1.82, 2.24) is 4.90 Å². The third-order valence-electron chi connectivity index (χ3n) is 4.48. The Hall–Kier alpha value is -1.56. The molecule has 0 heterocycles. The van der Waals surface area contributed by atoms with Gasteiger partial charge in [0.05, 0.1) is 5.75 Å². The smallest absolute Gasteiger partial charge is 0.308 e. The first-order chi connectivity index (χ1) is 11.8. The van der Waals surface area contributed by atoms with Gasteiger partial charge in [0.25, 0.3) is 0 Å². The van der Waals surface area contributed by atoms with Crippen molar-refractivity contribution >= 4 is 16.0 Å². The molecule has 25 heavy (non-hydrogen) atoms. The normalized spacial score (nSPS) is 15.5. The molecule has 0 atom stereocenters. The van der Waals surface area contributed by atoms with Crippen LogP contribution in [0.5, 0.6) is 5.75 Å². The quantitative estimate of drug-likeness (QED) is 0.659. The minimum absolute atomic E-state index is 0.0627. The minimum Gasteiger partial charge on any atom is -0.382 e. The average Bonchev–Trinajstić information content (AvgIpc) is 3.09. The van der Waals surface area contributed by atoms with Gasteiger partial charge in [0.15, 0.2) is 0 Å². The highest BCUT2D eigenvalue weighted by molar-refractivity contribution is 7.87. The molecule has 1 fully saturated rings. The summed E-state index contributed by atoms with van der Waals surface area (Å²) in [5.74, 6) is 1.06. The number of carbonyl (C=O) groups excluding carboxylic acids is 1. The van der Waals surface area contributed by atoms with Crippen LogP contribution in [0.15, 0.2) is 24.3 Å². The van der Waals surface area contributed by atoms with Crippen molar-refractivity contribution in [3.8, 4) is 5.75 Å². The summed E-state index contributed by atoms with van der Waals surface area (Å²) < 4.78 is 28.0. The van der Waals surface area contributed by atoms with E-state index in [4.69, 9.17) is 4.18 Å². The third kappa shape index (κ3) is 6.03. The average molecular weight is 368 g/mol. The first-order valence-corrected chi connectivity index (χ1v) is 10.7. The van der Waals surface area contributed by atoms with Crippen molar-refractivity contribution in [2.24, 2.45) is 11.8 Å². The Kier molecular flexibility index (Phi) is 6.87. The molecule has 0 N–H and O–H groups in total. The minimum atomic E-state index is -3.51. The van der Waals surface area contributed by atoms with Crippen LogP contribution in [0, 0.1) is 11.8 Å².